The number of aliphatic carboxylic acids is 1. The lowest BCUT2D eigenvalue weighted by molar-refractivity contribution is -0.193. The van der Waals surface area contributed by atoms with E-state index in [2.05, 4.69) is 17.9 Å². The Balaban J connectivity index is 4.71. The Morgan fingerprint density at radius 2 is 1.45 bits per heavy atom. The Morgan fingerprint density at radius 3 is 1.82 bits per heavy atom. The second kappa shape index (κ2) is 9.11. The van der Waals surface area contributed by atoms with Gasteiger partial charge in [-0.05, 0) is 13.8 Å². The highest BCUT2D eigenvalue weighted by Crippen LogP contribution is 2.05. The van der Waals surface area contributed by atoms with Gasteiger partial charge in [0.05, 0.1) is 0 Å². The first-order valence-corrected chi connectivity index (χ1v) is 5.94. The molecule has 0 aromatic rings. The Bertz CT molecular complexity index is 501. The van der Waals surface area contributed by atoms with E-state index in [0.29, 0.717) is 12.2 Å². The van der Waals surface area contributed by atoms with Crippen molar-refractivity contribution >= 4 is 23.9 Å². The van der Waals surface area contributed by atoms with Crippen LogP contribution in [-0.4, -0.2) is 41.9 Å². The molecule has 0 aromatic heterocycles. The third kappa shape index (κ3) is 8.31. The predicted octanol–water partition coefficient (Wildman–Crippen LogP) is 0.735. The SMILES string of the molecule is C=C(C)C(=O)OC(COC(=O)/C=C\C(=O)O)OC(=O)C(=C)C. The van der Waals surface area contributed by atoms with Crippen LogP contribution in [0.4, 0.5) is 0 Å². The summed E-state index contributed by atoms with van der Waals surface area (Å²) in [6.07, 6.45) is -0.284. The molecule has 8 nitrogen and oxygen atoms in total. The van der Waals surface area contributed by atoms with Crippen LogP contribution in [0, 0.1) is 0 Å². The number of carbonyl (C=O) groups excluding carboxylic acids is 3. The lowest BCUT2D eigenvalue weighted by Gasteiger charge is -2.17. The number of carboxylic acids is 1. The molecule has 0 aromatic carbocycles. The molecule has 0 atom stereocenters. The lowest BCUT2D eigenvalue weighted by Crippen LogP contribution is -2.30. The maximum Gasteiger partial charge on any atom is 0.336 e. The molecule has 0 unspecified atom stereocenters. The average molecular weight is 312 g/mol. The van der Waals surface area contributed by atoms with E-state index in [1.807, 2.05) is 0 Å². The van der Waals surface area contributed by atoms with Gasteiger partial charge in [0.2, 0.25) is 0 Å². The van der Waals surface area contributed by atoms with Crippen LogP contribution >= 0.6 is 0 Å². The lowest BCUT2D eigenvalue weighted by atomic mass is 10.3. The number of carbonyl (C=O) groups is 4. The molecule has 8 heteroatoms. The third-order valence-electron chi connectivity index (χ3n) is 1.90. The highest BCUT2D eigenvalue weighted by Gasteiger charge is 2.21. The maximum atomic E-state index is 11.4. The van der Waals surface area contributed by atoms with E-state index < -0.39 is 36.8 Å². The fraction of sp³-hybridized carbons (Fsp3) is 0.286. The molecule has 1 N–H and O–H groups in total. The first kappa shape index (κ1) is 19.1. The van der Waals surface area contributed by atoms with Gasteiger partial charge in [0.1, 0.15) is 0 Å². The molecule has 0 saturated heterocycles. The fourth-order valence-electron chi connectivity index (χ4n) is 0.870. The first-order valence-electron chi connectivity index (χ1n) is 5.94. The molecule has 0 amide bonds. The molecule has 0 aliphatic heterocycles. The second-order valence-corrected chi connectivity index (χ2v) is 4.10. The van der Waals surface area contributed by atoms with Gasteiger partial charge in [-0.1, -0.05) is 13.2 Å². The van der Waals surface area contributed by atoms with E-state index in [1.54, 1.807) is 0 Å². The summed E-state index contributed by atoms with van der Waals surface area (Å²) >= 11 is 0. The van der Waals surface area contributed by atoms with E-state index in [9.17, 15) is 19.2 Å². The molecule has 0 rings (SSSR count). The normalized spacial score (nSPS) is 10.1. The molecule has 0 fully saturated rings. The highest BCUT2D eigenvalue weighted by molar-refractivity contribution is 5.91. The summed E-state index contributed by atoms with van der Waals surface area (Å²) in [4.78, 5) is 44.2. The van der Waals surface area contributed by atoms with Crippen LogP contribution in [0.15, 0.2) is 36.5 Å². The molecule has 22 heavy (non-hydrogen) atoms. The first-order chi connectivity index (χ1) is 10.1. The van der Waals surface area contributed by atoms with Gasteiger partial charge >= 0.3 is 23.9 Å². The zero-order valence-electron chi connectivity index (χ0n) is 12.2. The molecule has 0 saturated carbocycles. The van der Waals surface area contributed by atoms with Gasteiger partial charge in [-0.3, -0.25) is 0 Å². The summed E-state index contributed by atoms with van der Waals surface area (Å²) in [5, 5.41) is 8.35. The van der Waals surface area contributed by atoms with E-state index in [-0.39, 0.29) is 11.1 Å². The molecule has 0 bridgehead atoms. The summed E-state index contributed by atoms with van der Waals surface area (Å²) < 4.78 is 14.1. The van der Waals surface area contributed by atoms with Crippen LogP contribution in [0.5, 0.6) is 0 Å². The van der Waals surface area contributed by atoms with E-state index >= 15 is 0 Å². The quantitative estimate of drug-likeness (QED) is 0.396. The zero-order valence-corrected chi connectivity index (χ0v) is 12.2. The molecule has 0 heterocycles. The van der Waals surface area contributed by atoms with Crippen LogP contribution < -0.4 is 0 Å². The van der Waals surface area contributed by atoms with Gasteiger partial charge in [-0.2, -0.15) is 0 Å². The molecule has 0 radical (unpaired) electrons. The van der Waals surface area contributed by atoms with Gasteiger partial charge in [-0.25, -0.2) is 19.2 Å². The number of carboxylic acid groups (broad SMARTS) is 1. The maximum absolute atomic E-state index is 11.4. The van der Waals surface area contributed by atoms with E-state index in [1.165, 1.54) is 13.8 Å². The molecular weight excluding hydrogens is 296 g/mol. The Labute approximate surface area is 126 Å². The topological polar surface area (TPSA) is 116 Å². The second-order valence-electron chi connectivity index (χ2n) is 4.10. The summed E-state index contributed by atoms with van der Waals surface area (Å²) in [6, 6.07) is 0. The summed E-state index contributed by atoms with van der Waals surface area (Å²) in [7, 11) is 0. The van der Waals surface area contributed by atoms with Crippen LogP contribution in [0.1, 0.15) is 13.8 Å². The van der Waals surface area contributed by atoms with Crippen molar-refractivity contribution in [1.82, 2.24) is 0 Å². The van der Waals surface area contributed by atoms with Gasteiger partial charge < -0.3 is 19.3 Å². The van der Waals surface area contributed by atoms with E-state index in [4.69, 9.17) is 14.6 Å². The van der Waals surface area contributed by atoms with Crippen molar-refractivity contribution < 1.29 is 38.5 Å². The zero-order chi connectivity index (χ0) is 17.3. The number of hydrogen-bond acceptors (Lipinski definition) is 7. The van der Waals surface area contributed by atoms with Crippen LogP contribution in [-0.2, 0) is 33.4 Å². The Kier molecular flexibility index (Phi) is 7.91. The standard InChI is InChI=1S/C14H16O8/c1-8(2)13(18)21-12(22-14(19)9(3)4)7-20-11(17)6-5-10(15)16/h5-6,12H,1,3,7H2,2,4H3,(H,15,16)/b6-5-. The summed E-state index contributed by atoms with van der Waals surface area (Å²) in [5.74, 6) is -4.05. The Hall–Kier alpha value is -2.90. The molecule has 0 aliphatic rings. The number of hydrogen-bond donors (Lipinski definition) is 1. The fourth-order valence-corrected chi connectivity index (χ4v) is 0.870. The molecule has 0 spiro atoms. The monoisotopic (exact) mass is 312 g/mol. The van der Waals surface area contributed by atoms with Gasteiger partial charge in [0.15, 0.2) is 6.61 Å². The van der Waals surface area contributed by atoms with Gasteiger partial charge in [0, 0.05) is 23.3 Å². The van der Waals surface area contributed by atoms with Crippen LogP contribution in [0.25, 0.3) is 0 Å². The van der Waals surface area contributed by atoms with Crippen molar-refractivity contribution in [2.24, 2.45) is 0 Å². The molecule has 120 valence electrons. The number of rotatable bonds is 8. The van der Waals surface area contributed by atoms with Crippen LogP contribution in [0.3, 0.4) is 0 Å². The average Bonchev–Trinajstić information content (AvgIpc) is 2.41. The smallest absolute Gasteiger partial charge is 0.336 e. The minimum atomic E-state index is -1.50. The van der Waals surface area contributed by atoms with Crippen molar-refractivity contribution in [2.45, 2.75) is 20.1 Å². The number of esters is 3. The van der Waals surface area contributed by atoms with Crippen molar-refractivity contribution in [1.29, 1.82) is 0 Å². The van der Waals surface area contributed by atoms with Crippen molar-refractivity contribution in [3.8, 4) is 0 Å². The largest absolute Gasteiger partial charge is 0.478 e. The Morgan fingerprint density at radius 1 is 1.00 bits per heavy atom. The predicted molar refractivity (Wildman–Crippen MR) is 73.3 cm³/mol. The third-order valence-corrected chi connectivity index (χ3v) is 1.90. The number of ether oxygens (including phenoxy) is 3. The minimum absolute atomic E-state index is 0.0495. The summed E-state index contributed by atoms with van der Waals surface area (Å²) in [6.45, 7) is 8.84. The summed E-state index contributed by atoms with van der Waals surface area (Å²) in [5.41, 5.74) is 0.0990. The van der Waals surface area contributed by atoms with Crippen molar-refractivity contribution in [3.05, 3.63) is 36.5 Å². The highest BCUT2D eigenvalue weighted by atomic mass is 16.7. The van der Waals surface area contributed by atoms with Crippen molar-refractivity contribution in [2.75, 3.05) is 6.61 Å². The molecular formula is C14H16O8. The van der Waals surface area contributed by atoms with Crippen LogP contribution in [0.2, 0.25) is 0 Å². The van der Waals surface area contributed by atoms with Gasteiger partial charge in [-0.15, -0.1) is 0 Å². The van der Waals surface area contributed by atoms with E-state index in [0.717, 1.165) is 0 Å². The minimum Gasteiger partial charge on any atom is -0.478 e. The van der Waals surface area contributed by atoms with Crippen molar-refractivity contribution in [3.63, 3.8) is 0 Å². The molecule has 0 aliphatic carbocycles. The van der Waals surface area contributed by atoms with Gasteiger partial charge in [0.25, 0.3) is 6.29 Å².